The summed E-state index contributed by atoms with van der Waals surface area (Å²) in [6, 6.07) is 17.0. The fourth-order valence-corrected chi connectivity index (χ4v) is 5.94. The number of nitrogens with one attached hydrogen (secondary N) is 2. The molecule has 0 spiro atoms. The molecule has 0 radical (unpaired) electrons. The van der Waals surface area contributed by atoms with Crippen molar-refractivity contribution in [2.24, 2.45) is 4.99 Å². The SMILES string of the molecule is COCCNc1sc(C2(C(F)(F)F)CC2)nc1-c1nnc(N[C@H]2N=C(c3ccccc3)c3ccccc3CC2=O)o1. The van der Waals surface area contributed by atoms with Gasteiger partial charge in [0.2, 0.25) is 0 Å². The molecule has 212 valence electrons. The largest absolute Gasteiger partial charge is 0.402 e. The van der Waals surface area contributed by atoms with Crippen molar-refractivity contribution < 1.29 is 27.1 Å². The van der Waals surface area contributed by atoms with E-state index in [4.69, 9.17) is 14.1 Å². The van der Waals surface area contributed by atoms with Gasteiger partial charge in [0.05, 0.1) is 12.3 Å². The Labute approximate surface area is 236 Å². The number of hydrogen-bond acceptors (Lipinski definition) is 10. The third-order valence-corrected chi connectivity index (χ3v) is 8.27. The zero-order valence-corrected chi connectivity index (χ0v) is 22.7. The van der Waals surface area contributed by atoms with E-state index in [1.807, 2.05) is 54.6 Å². The number of aliphatic imine (C=N–C) groups is 1. The number of ketones is 1. The summed E-state index contributed by atoms with van der Waals surface area (Å²) in [6.07, 6.45) is -5.36. The van der Waals surface area contributed by atoms with Crippen LogP contribution in [0.25, 0.3) is 11.6 Å². The smallest absolute Gasteiger partial charge is 0.400 e. The van der Waals surface area contributed by atoms with Gasteiger partial charge in [-0.05, 0) is 18.4 Å². The topological polar surface area (TPSA) is 115 Å². The minimum atomic E-state index is -4.42. The summed E-state index contributed by atoms with van der Waals surface area (Å²) in [5, 5.41) is 14.3. The Bertz CT molecular complexity index is 1600. The summed E-state index contributed by atoms with van der Waals surface area (Å²) in [6.45, 7) is 0.680. The summed E-state index contributed by atoms with van der Waals surface area (Å²) in [4.78, 5) is 22.3. The van der Waals surface area contributed by atoms with E-state index in [0.29, 0.717) is 23.9 Å². The van der Waals surface area contributed by atoms with E-state index in [2.05, 4.69) is 25.8 Å². The van der Waals surface area contributed by atoms with E-state index in [-0.39, 0.29) is 47.7 Å². The number of carbonyl (C=O) groups excluding carboxylic acids is 1. The number of methoxy groups -OCH3 is 1. The monoisotopic (exact) mass is 582 g/mol. The molecule has 2 N–H and O–H groups in total. The molecule has 0 unspecified atom stereocenters. The number of rotatable bonds is 9. The molecule has 1 aliphatic heterocycles. The van der Waals surface area contributed by atoms with Crippen LogP contribution in [0.3, 0.4) is 0 Å². The highest BCUT2D eigenvalue weighted by Gasteiger charge is 2.66. The zero-order chi connectivity index (χ0) is 28.6. The minimum absolute atomic E-state index is 0.0223. The molecule has 1 saturated carbocycles. The summed E-state index contributed by atoms with van der Waals surface area (Å²) >= 11 is 0.918. The van der Waals surface area contributed by atoms with Crippen LogP contribution >= 0.6 is 11.3 Å². The van der Waals surface area contributed by atoms with E-state index in [1.54, 1.807) is 0 Å². The van der Waals surface area contributed by atoms with Gasteiger partial charge in [-0.25, -0.2) is 4.98 Å². The van der Waals surface area contributed by atoms with Gasteiger partial charge in [-0.15, -0.1) is 5.10 Å². The Kier molecular flexibility index (Phi) is 7.08. The first-order valence-corrected chi connectivity index (χ1v) is 13.8. The third kappa shape index (κ3) is 5.22. The average Bonchev–Trinajstić information content (AvgIpc) is 3.53. The Balaban J connectivity index is 1.31. The fraction of sp³-hybridized carbons (Fsp3) is 0.321. The molecule has 2 aromatic carbocycles. The molecule has 0 amide bonds. The molecule has 2 aromatic heterocycles. The molecule has 3 heterocycles. The van der Waals surface area contributed by atoms with Crippen molar-refractivity contribution in [3.05, 3.63) is 76.3 Å². The summed E-state index contributed by atoms with van der Waals surface area (Å²) in [5.41, 5.74) is 1.33. The van der Waals surface area contributed by atoms with Crippen LogP contribution in [-0.4, -0.2) is 59.3 Å². The minimum Gasteiger partial charge on any atom is -0.402 e. The molecule has 0 saturated heterocycles. The van der Waals surface area contributed by atoms with Crippen LogP contribution in [0, 0.1) is 0 Å². The predicted octanol–water partition coefficient (Wildman–Crippen LogP) is 5.25. The van der Waals surface area contributed by atoms with Gasteiger partial charge in [0.1, 0.15) is 15.4 Å². The van der Waals surface area contributed by atoms with Gasteiger partial charge in [-0.3, -0.25) is 9.79 Å². The highest BCUT2D eigenvalue weighted by Crippen LogP contribution is 2.60. The number of anilines is 2. The molecule has 2 aliphatic rings. The number of carbonyl (C=O) groups is 1. The Morgan fingerprint density at radius 2 is 1.85 bits per heavy atom. The van der Waals surface area contributed by atoms with Crippen LogP contribution in [0.1, 0.15) is 34.5 Å². The van der Waals surface area contributed by atoms with Crippen LogP contribution in [-0.2, 0) is 21.4 Å². The first kappa shape index (κ1) is 27.1. The van der Waals surface area contributed by atoms with Gasteiger partial charge in [-0.1, -0.05) is 71.0 Å². The normalized spacial score (nSPS) is 17.9. The quantitative estimate of drug-likeness (QED) is 0.258. The van der Waals surface area contributed by atoms with Crippen molar-refractivity contribution >= 4 is 33.8 Å². The maximum atomic E-state index is 13.8. The lowest BCUT2D eigenvalue weighted by atomic mass is 9.96. The van der Waals surface area contributed by atoms with Crippen molar-refractivity contribution in [2.75, 3.05) is 30.9 Å². The average molecular weight is 583 g/mol. The third-order valence-electron chi connectivity index (χ3n) is 7.06. The van der Waals surface area contributed by atoms with Crippen molar-refractivity contribution in [1.29, 1.82) is 0 Å². The number of thiazole rings is 1. The van der Waals surface area contributed by atoms with Crippen LogP contribution in [0.4, 0.5) is 24.2 Å². The van der Waals surface area contributed by atoms with E-state index in [1.165, 1.54) is 7.11 Å². The van der Waals surface area contributed by atoms with Crippen LogP contribution in [0.2, 0.25) is 0 Å². The van der Waals surface area contributed by atoms with Gasteiger partial charge in [-0.2, -0.15) is 13.2 Å². The fourth-order valence-electron chi connectivity index (χ4n) is 4.69. The number of benzene rings is 2. The number of Topliss-reactive ketones (excluding diaryl/α,β-unsaturated/α-hetero) is 1. The van der Waals surface area contributed by atoms with E-state index < -0.39 is 17.8 Å². The molecule has 4 aromatic rings. The maximum Gasteiger partial charge on any atom is 0.400 e. The van der Waals surface area contributed by atoms with Crippen molar-refractivity contribution in [2.45, 2.75) is 37.0 Å². The number of aromatic nitrogens is 3. The summed E-state index contributed by atoms with van der Waals surface area (Å²) < 4.78 is 52.4. The Hall–Kier alpha value is -4.10. The zero-order valence-electron chi connectivity index (χ0n) is 21.9. The van der Waals surface area contributed by atoms with Crippen LogP contribution < -0.4 is 10.6 Å². The molecule has 1 atom stereocenters. The van der Waals surface area contributed by atoms with Crippen molar-refractivity contribution in [3.63, 3.8) is 0 Å². The predicted molar refractivity (Wildman–Crippen MR) is 147 cm³/mol. The summed E-state index contributed by atoms with van der Waals surface area (Å²) in [7, 11) is 1.53. The molecular formula is C28H25F3N6O3S. The molecule has 9 nitrogen and oxygen atoms in total. The molecule has 41 heavy (non-hydrogen) atoms. The van der Waals surface area contributed by atoms with E-state index in [9.17, 15) is 18.0 Å². The second-order valence-corrected chi connectivity index (χ2v) is 10.8. The molecule has 6 rings (SSSR count). The second kappa shape index (κ2) is 10.7. The number of fused-ring (bicyclic) bond motifs is 1. The molecule has 1 aliphatic carbocycles. The first-order chi connectivity index (χ1) is 19.8. The lowest BCUT2D eigenvalue weighted by molar-refractivity contribution is -0.160. The summed E-state index contributed by atoms with van der Waals surface area (Å²) in [5.74, 6) is -0.286. The lowest BCUT2D eigenvalue weighted by Gasteiger charge is -2.15. The Morgan fingerprint density at radius 1 is 1.10 bits per heavy atom. The van der Waals surface area contributed by atoms with Crippen molar-refractivity contribution in [3.8, 4) is 11.6 Å². The Morgan fingerprint density at radius 3 is 2.59 bits per heavy atom. The van der Waals surface area contributed by atoms with Gasteiger partial charge in [0.15, 0.2) is 17.6 Å². The number of hydrogen-bond donors (Lipinski definition) is 2. The number of nitrogens with zero attached hydrogens (tertiary/aromatic N) is 4. The molecule has 13 heteroatoms. The molecular weight excluding hydrogens is 557 g/mol. The highest BCUT2D eigenvalue weighted by atomic mass is 32.1. The first-order valence-electron chi connectivity index (χ1n) is 12.9. The van der Waals surface area contributed by atoms with Crippen LogP contribution in [0.5, 0.6) is 0 Å². The van der Waals surface area contributed by atoms with E-state index >= 15 is 0 Å². The molecule has 1 fully saturated rings. The van der Waals surface area contributed by atoms with Gasteiger partial charge in [0.25, 0.3) is 5.89 Å². The number of ether oxygens (including phenoxy) is 1. The van der Waals surface area contributed by atoms with Gasteiger partial charge < -0.3 is 19.8 Å². The van der Waals surface area contributed by atoms with Gasteiger partial charge >= 0.3 is 12.2 Å². The van der Waals surface area contributed by atoms with Crippen molar-refractivity contribution in [1.82, 2.24) is 15.2 Å². The lowest BCUT2D eigenvalue weighted by Crippen LogP contribution is -2.29. The van der Waals surface area contributed by atoms with E-state index in [0.717, 1.165) is 28.0 Å². The highest BCUT2D eigenvalue weighted by molar-refractivity contribution is 7.16. The van der Waals surface area contributed by atoms with Gasteiger partial charge in [0, 0.05) is 31.2 Å². The maximum absolute atomic E-state index is 13.8. The molecule has 0 bridgehead atoms. The van der Waals surface area contributed by atoms with Crippen LogP contribution in [0.15, 0.2) is 64.0 Å². The second-order valence-electron chi connectivity index (χ2n) is 9.80. The number of alkyl halides is 3. The standard InChI is InChI=1S/C28H25F3N6O3S/c1-39-14-13-32-24-21(34-25(41-24)27(11-12-27)28(29,30)31)23-36-37-26(40-23)35-22-19(38)15-17-9-5-6-10-18(17)20(33-22)16-7-3-2-4-8-16/h2-10,22,32H,11-15H2,1H3,(H,35,37)/t22-/m1/s1. The number of halogens is 3.